The van der Waals surface area contributed by atoms with E-state index in [4.69, 9.17) is 9.47 Å². The highest BCUT2D eigenvalue weighted by Crippen LogP contribution is 2.33. The van der Waals surface area contributed by atoms with E-state index >= 15 is 0 Å². The molecule has 0 aliphatic heterocycles. The number of hydrogen-bond donors (Lipinski definition) is 1. The molecule has 0 aliphatic carbocycles. The predicted octanol–water partition coefficient (Wildman–Crippen LogP) is 0.558. The predicted molar refractivity (Wildman–Crippen MR) is 111 cm³/mol. The lowest BCUT2D eigenvalue weighted by molar-refractivity contribution is 0.0718. The van der Waals surface area contributed by atoms with Crippen LogP contribution in [0.3, 0.4) is 0 Å². The third-order valence-corrected chi connectivity index (χ3v) is 9.05. The van der Waals surface area contributed by atoms with Crippen molar-refractivity contribution in [3.05, 3.63) is 47.7 Å². The van der Waals surface area contributed by atoms with E-state index in [9.17, 15) is 21.6 Å². The van der Waals surface area contributed by atoms with E-state index in [0.29, 0.717) is 6.54 Å². The van der Waals surface area contributed by atoms with Crippen molar-refractivity contribution in [2.45, 2.75) is 17.7 Å². The van der Waals surface area contributed by atoms with Crippen LogP contribution < -0.4 is 10.1 Å². The van der Waals surface area contributed by atoms with Gasteiger partial charge in [-0.15, -0.1) is 0 Å². The number of esters is 1. The van der Waals surface area contributed by atoms with Crippen LogP contribution in [0.5, 0.6) is 5.88 Å². The molecule has 30 heavy (non-hydrogen) atoms. The zero-order valence-electron chi connectivity index (χ0n) is 17.2. The average Bonchev–Trinajstić information content (AvgIpc) is 3.10. The van der Waals surface area contributed by atoms with Crippen LogP contribution in [0.15, 0.2) is 36.5 Å². The van der Waals surface area contributed by atoms with E-state index in [0.717, 1.165) is 12.5 Å². The van der Waals surface area contributed by atoms with Gasteiger partial charge in [-0.05, 0) is 19.1 Å². The number of aryl methyl sites for hydroxylation is 1. The molecule has 0 spiro atoms. The van der Waals surface area contributed by atoms with Crippen LogP contribution in [0.4, 0.5) is 0 Å². The molecule has 0 amide bonds. The lowest BCUT2D eigenvalue weighted by Gasteiger charge is -2.31. The Balaban J connectivity index is 2.43. The zero-order chi connectivity index (χ0) is 22.6. The van der Waals surface area contributed by atoms with Gasteiger partial charge in [-0.3, -0.25) is 5.32 Å². The molecule has 0 aliphatic rings. The van der Waals surface area contributed by atoms with E-state index in [2.05, 4.69) is 10.4 Å². The molecule has 12 heteroatoms. The van der Waals surface area contributed by atoms with Gasteiger partial charge in [-0.25, -0.2) is 26.3 Å². The van der Waals surface area contributed by atoms with Gasteiger partial charge in [0.05, 0.1) is 18.4 Å². The van der Waals surface area contributed by atoms with Gasteiger partial charge < -0.3 is 9.47 Å². The molecule has 1 aromatic heterocycles. The Labute approximate surface area is 176 Å². The topological polar surface area (TPSA) is 134 Å². The fourth-order valence-electron chi connectivity index (χ4n) is 3.01. The van der Waals surface area contributed by atoms with Crippen molar-refractivity contribution in [2.75, 3.05) is 32.8 Å². The molecule has 0 atom stereocenters. The molecule has 166 valence electrons. The van der Waals surface area contributed by atoms with Crippen molar-refractivity contribution in [1.82, 2.24) is 15.1 Å². The fourth-order valence-corrected chi connectivity index (χ4v) is 7.07. The lowest BCUT2D eigenvalue weighted by Crippen LogP contribution is -2.55. The third kappa shape index (κ3) is 4.72. The van der Waals surface area contributed by atoms with Crippen LogP contribution in [0.25, 0.3) is 0 Å². The summed E-state index contributed by atoms with van der Waals surface area (Å²) >= 11 is 0. The molecule has 0 saturated carbocycles. The van der Waals surface area contributed by atoms with E-state index in [1.165, 1.54) is 48.3 Å². The maximum absolute atomic E-state index is 12.6. The number of nitrogens with one attached hydrogen (secondary N) is 1. The fraction of sp³-hybridized carbons (Fsp3) is 0.444. The van der Waals surface area contributed by atoms with Crippen molar-refractivity contribution in [3.8, 4) is 5.88 Å². The first kappa shape index (κ1) is 24.0. The van der Waals surface area contributed by atoms with Gasteiger partial charge in [0.1, 0.15) is 0 Å². The number of carbonyl (C=O) groups is 1. The summed E-state index contributed by atoms with van der Waals surface area (Å²) < 4.78 is 59.7. The Hall–Kier alpha value is -2.28. The van der Waals surface area contributed by atoms with Crippen molar-refractivity contribution < 1.29 is 31.1 Å². The van der Waals surface area contributed by atoms with Gasteiger partial charge in [0, 0.05) is 44.3 Å². The highest BCUT2D eigenvalue weighted by molar-refractivity contribution is 8.08. The van der Waals surface area contributed by atoms with Gasteiger partial charge in [-0.1, -0.05) is 12.1 Å². The van der Waals surface area contributed by atoms with Gasteiger partial charge in [0.15, 0.2) is 19.7 Å². The Kier molecular flexibility index (Phi) is 7.40. The van der Waals surface area contributed by atoms with Crippen molar-refractivity contribution >= 4 is 25.6 Å². The van der Waals surface area contributed by atoms with E-state index in [-0.39, 0.29) is 30.2 Å². The van der Waals surface area contributed by atoms with Gasteiger partial charge in [0.25, 0.3) is 0 Å². The maximum Gasteiger partial charge on any atom is 0.344 e. The molecule has 0 radical (unpaired) electrons. The Morgan fingerprint density at radius 3 is 2.20 bits per heavy atom. The van der Waals surface area contributed by atoms with Crippen molar-refractivity contribution in [3.63, 3.8) is 0 Å². The molecule has 1 heterocycles. The summed E-state index contributed by atoms with van der Waals surface area (Å²) in [7, 11) is -6.95. The minimum Gasteiger partial charge on any atom is -0.404 e. The first-order valence-electron chi connectivity index (χ1n) is 8.95. The molecule has 1 aromatic carbocycles. The average molecular weight is 460 g/mol. The van der Waals surface area contributed by atoms with E-state index in [1.807, 2.05) is 6.92 Å². The number of aromatic nitrogens is 2. The number of nitrogens with zero attached hydrogens (tertiary/aromatic N) is 2. The van der Waals surface area contributed by atoms with E-state index in [1.54, 1.807) is 0 Å². The first-order chi connectivity index (χ1) is 14.0. The molecule has 1 N–H and O–H groups in total. The lowest BCUT2D eigenvalue weighted by atomic mass is 10.1. The van der Waals surface area contributed by atoms with Gasteiger partial charge in [-0.2, -0.15) is 5.10 Å². The number of hydrogen-bond acceptors (Lipinski definition) is 9. The quantitative estimate of drug-likeness (QED) is 0.399. The molecule has 2 aromatic rings. The summed E-state index contributed by atoms with van der Waals surface area (Å²) in [4.78, 5) is 12.4. The molecule has 2 rings (SSSR count). The highest BCUT2D eigenvalue weighted by atomic mass is 32.3. The smallest absolute Gasteiger partial charge is 0.344 e. The number of methoxy groups -OCH3 is 1. The summed E-state index contributed by atoms with van der Waals surface area (Å²) in [5.74, 6) is -0.428. The second kappa shape index (κ2) is 9.25. The van der Waals surface area contributed by atoms with E-state index < -0.39 is 29.8 Å². The molecule has 0 bridgehead atoms. The van der Waals surface area contributed by atoms with Gasteiger partial charge >= 0.3 is 5.97 Å². The zero-order valence-corrected chi connectivity index (χ0v) is 18.8. The van der Waals surface area contributed by atoms with Crippen LogP contribution in [-0.2, 0) is 35.2 Å². The SMILES string of the molecule is CCn1nccc1OC(=O)c1ccc(C(NCCOC)(S(C)(=O)=O)S(C)(=O)=O)cc1. The van der Waals surface area contributed by atoms with Crippen LogP contribution in [0.2, 0.25) is 0 Å². The third-order valence-electron chi connectivity index (χ3n) is 4.38. The van der Waals surface area contributed by atoms with Crippen molar-refractivity contribution in [1.29, 1.82) is 0 Å². The molecule has 0 fully saturated rings. The largest absolute Gasteiger partial charge is 0.404 e. The number of sulfone groups is 2. The summed E-state index contributed by atoms with van der Waals surface area (Å²) in [6, 6.07) is 6.71. The van der Waals surface area contributed by atoms with Gasteiger partial charge in [0.2, 0.25) is 10.1 Å². The highest BCUT2D eigenvalue weighted by Gasteiger charge is 2.51. The second-order valence-electron chi connectivity index (χ2n) is 6.53. The second-order valence-corrected chi connectivity index (χ2v) is 11.1. The number of carbonyl (C=O) groups excluding carboxylic acids is 1. The Morgan fingerprint density at radius 2 is 1.70 bits per heavy atom. The summed E-state index contributed by atoms with van der Waals surface area (Å²) in [6.45, 7) is 2.42. The Bertz CT molecular complexity index is 1060. The number of benzene rings is 1. The molecular formula is C18H25N3O7S2. The molecule has 0 unspecified atom stereocenters. The minimum absolute atomic E-state index is 0.0263. The summed E-state index contributed by atoms with van der Waals surface area (Å²) in [5.41, 5.74) is 0.0779. The van der Waals surface area contributed by atoms with Crippen LogP contribution in [-0.4, -0.2) is 65.4 Å². The van der Waals surface area contributed by atoms with Crippen LogP contribution in [0, 0.1) is 0 Å². The monoisotopic (exact) mass is 459 g/mol. The minimum atomic E-state index is -4.18. The maximum atomic E-state index is 12.6. The standard InChI is InChI=1S/C18H25N3O7S2/c1-5-21-16(10-11-20-21)28-17(22)14-6-8-15(9-7-14)18(29(3,23)24,30(4,25)26)19-12-13-27-2/h6-11,19H,5,12-13H2,1-4H3. The number of rotatable bonds is 10. The number of ether oxygens (including phenoxy) is 2. The van der Waals surface area contributed by atoms with Crippen molar-refractivity contribution in [2.24, 2.45) is 0 Å². The first-order valence-corrected chi connectivity index (χ1v) is 12.7. The Morgan fingerprint density at radius 1 is 1.10 bits per heavy atom. The molecule has 0 saturated heterocycles. The van der Waals surface area contributed by atoms with Crippen LogP contribution in [0.1, 0.15) is 22.8 Å². The van der Waals surface area contributed by atoms with Crippen LogP contribution >= 0.6 is 0 Å². The molecular weight excluding hydrogens is 434 g/mol. The molecule has 10 nitrogen and oxygen atoms in total. The summed E-state index contributed by atoms with van der Waals surface area (Å²) in [6.07, 6.45) is 3.16. The normalized spacial score (nSPS) is 12.7. The summed E-state index contributed by atoms with van der Waals surface area (Å²) in [5, 5.41) is 6.61.